The first-order chi connectivity index (χ1) is 12.6. The van der Waals surface area contributed by atoms with Gasteiger partial charge in [0.05, 0.1) is 18.8 Å². The number of nitrogens with one attached hydrogen (secondary N) is 2. The van der Waals surface area contributed by atoms with Crippen LogP contribution in [0.4, 0.5) is 14.5 Å². The number of aromatic nitrogens is 1. The van der Waals surface area contributed by atoms with E-state index in [0.717, 1.165) is 0 Å². The van der Waals surface area contributed by atoms with Gasteiger partial charge in [-0.3, -0.25) is 9.59 Å². The molecule has 0 aliphatic rings. The molecule has 8 heteroatoms. The fraction of sp³-hybridized carbons (Fsp3) is 0.368. The van der Waals surface area contributed by atoms with Gasteiger partial charge in [-0.2, -0.15) is 8.78 Å². The maximum atomic E-state index is 12.8. The Balaban J connectivity index is 2.24. The van der Waals surface area contributed by atoms with E-state index < -0.39 is 12.7 Å². The van der Waals surface area contributed by atoms with Gasteiger partial charge < -0.3 is 19.8 Å². The molecule has 1 atom stereocenters. The Labute approximate surface area is 155 Å². The summed E-state index contributed by atoms with van der Waals surface area (Å²) in [5, 5.41) is 2.96. The van der Waals surface area contributed by atoms with Crippen molar-refractivity contribution in [1.82, 2.24) is 4.98 Å². The first kappa shape index (κ1) is 20.4. The summed E-state index contributed by atoms with van der Waals surface area (Å²) < 4.78 is 34.5. The van der Waals surface area contributed by atoms with Crippen molar-refractivity contribution in [1.29, 1.82) is 0 Å². The second kappa shape index (κ2) is 8.20. The summed E-state index contributed by atoms with van der Waals surface area (Å²) in [6.07, 6.45) is 0. The van der Waals surface area contributed by atoms with Gasteiger partial charge in [0.25, 0.3) is 0 Å². The van der Waals surface area contributed by atoms with Crippen LogP contribution in [0.15, 0.2) is 18.2 Å². The molecule has 0 radical (unpaired) electrons. The normalized spacial score (nSPS) is 12.0. The molecule has 0 fully saturated rings. The summed E-state index contributed by atoms with van der Waals surface area (Å²) in [6, 6.07) is 3.72. The summed E-state index contributed by atoms with van der Waals surface area (Å²) >= 11 is 0. The van der Waals surface area contributed by atoms with Crippen molar-refractivity contribution in [2.75, 3.05) is 12.4 Å². The van der Waals surface area contributed by atoms with Crippen molar-refractivity contribution in [2.45, 2.75) is 40.3 Å². The maximum Gasteiger partial charge on any atom is 0.387 e. The zero-order valence-corrected chi connectivity index (χ0v) is 15.8. The number of alkyl halides is 2. The molecule has 0 saturated heterocycles. The zero-order valence-electron chi connectivity index (χ0n) is 15.8. The second-order valence-electron chi connectivity index (χ2n) is 6.16. The number of hydrogen-bond acceptors (Lipinski definition) is 5. The van der Waals surface area contributed by atoms with Crippen molar-refractivity contribution in [3.05, 3.63) is 40.7 Å². The smallest absolute Gasteiger partial charge is 0.387 e. The van der Waals surface area contributed by atoms with E-state index in [-0.39, 0.29) is 23.1 Å². The highest BCUT2D eigenvalue weighted by Crippen LogP contribution is 2.32. The molecule has 0 aliphatic carbocycles. The number of anilines is 1. The van der Waals surface area contributed by atoms with Crippen molar-refractivity contribution >= 4 is 17.3 Å². The number of benzene rings is 1. The SMILES string of the molecule is COc1ccc(N[C@H](C)C(=O)c2[nH]c(C)c(C(C)=O)c2C)cc1OC(F)F. The minimum absolute atomic E-state index is 0.121. The Morgan fingerprint density at radius 3 is 2.37 bits per heavy atom. The average Bonchev–Trinajstić information content (AvgIpc) is 2.88. The van der Waals surface area contributed by atoms with E-state index in [9.17, 15) is 18.4 Å². The summed E-state index contributed by atoms with van der Waals surface area (Å²) in [5.74, 6) is -0.357. The van der Waals surface area contributed by atoms with Crippen molar-refractivity contribution < 1.29 is 27.8 Å². The lowest BCUT2D eigenvalue weighted by atomic mass is 10.0. The Hall–Kier alpha value is -2.90. The lowest BCUT2D eigenvalue weighted by Gasteiger charge is -2.16. The Morgan fingerprint density at radius 1 is 1.19 bits per heavy atom. The van der Waals surface area contributed by atoms with Crippen LogP contribution in [0, 0.1) is 13.8 Å². The van der Waals surface area contributed by atoms with Gasteiger partial charge in [0.1, 0.15) is 0 Å². The van der Waals surface area contributed by atoms with Crippen LogP contribution in [-0.4, -0.2) is 36.3 Å². The Bertz CT molecular complexity index is 862. The third-order valence-electron chi connectivity index (χ3n) is 4.19. The van der Waals surface area contributed by atoms with Gasteiger partial charge in [-0.25, -0.2) is 0 Å². The molecule has 146 valence electrons. The van der Waals surface area contributed by atoms with Crippen molar-refractivity contribution in [2.24, 2.45) is 0 Å². The first-order valence-corrected chi connectivity index (χ1v) is 8.29. The number of carbonyl (C=O) groups excluding carboxylic acids is 2. The second-order valence-corrected chi connectivity index (χ2v) is 6.16. The van der Waals surface area contributed by atoms with E-state index in [4.69, 9.17) is 4.74 Å². The minimum Gasteiger partial charge on any atom is -0.493 e. The van der Waals surface area contributed by atoms with Crippen LogP contribution in [0.3, 0.4) is 0 Å². The van der Waals surface area contributed by atoms with Gasteiger partial charge in [0.15, 0.2) is 17.3 Å². The predicted octanol–water partition coefficient (Wildman–Crippen LogP) is 4.13. The summed E-state index contributed by atoms with van der Waals surface area (Å²) in [7, 11) is 1.34. The minimum atomic E-state index is -3.00. The number of aromatic amines is 1. The van der Waals surface area contributed by atoms with E-state index in [2.05, 4.69) is 15.0 Å². The highest BCUT2D eigenvalue weighted by atomic mass is 19.3. The van der Waals surface area contributed by atoms with Gasteiger partial charge in [0, 0.05) is 23.0 Å². The lowest BCUT2D eigenvalue weighted by Crippen LogP contribution is -2.27. The van der Waals surface area contributed by atoms with E-state index in [1.807, 2.05) is 0 Å². The number of H-pyrrole nitrogens is 1. The number of ether oxygens (including phenoxy) is 2. The predicted molar refractivity (Wildman–Crippen MR) is 97.3 cm³/mol. The van der Waals surface area contributed by atoms with Crippen LogP contribution in [0.5, 0.6) is 11.5 Å². The number of methoxy groups -OCH3 is 1. The molecule has 2 rings (SSSR count). The van der Waals surface area contributed by atoms with Crippen LogP contribution < -0.4 is 14.8 Å². The third-order valence-corrected chi connectivity index (χ3v) is 4.19. The van der Waals surface area contributed by atoms with Gasteiger partial charge in [-0.1, -0.05) is 0 Å². The summed E-state index contributed by atoms with van der Waals surface area (Å²) in [6.45, 7) is 3.53. The molecule has 1 aromatic carbocycles. The molecular formula is C19H22F2N2O4. The molecular weight excluding hydrogens is 358 g/mol. The lowest BCUT2D eigenvalue weighted by molar-refractivity contribution is -0.0511. The number of rotatable bonds is 8. The molecule has 1 heterocycles. The van der Waals surface area contributed by atoms with Gasteiger partial charge >= 0.3 is 6.61 Å². The molecule has 0 bridgehead atoms. The van der Waals surface area contributed by atoms with E-state index in [1.165, 1.54) is 26.2 Å². The average molecular weight is 380 g/mol. The molecule has 2 N–H and O–H groups in total. The topological polar surface area (TPSA) is 80.4 Å². The zero-order chi connectivity index (χ0) is 20.3. The number of Topliss-reactive ketones (excluding diaryl/α,β-unsaturated/α-hetero) is 2. The largest absolute Gasteiger partial charge is 0.493 e. The fourth-order valence-corrected chi connectivity index (χ4v) is 3.01. The molecule has 27 heavy (non-hydrogen) atoms. The third kappa shape index (κ3) is 4.45. The molecule has 0 spiro atoms. The van der Waals surface area contributed by atoms with E-state index >= 15 is 0 Å². The number of halogens is 2. The summed E-state index contributed by atoms with van der Waals surface area (Å²) in [5.41, 5.74) is 2.49. The molecule has 0 unspecified atom stereocenters. The highest BCUT2D eigenvalue weighted by molar-refractivity contribution is 6.05. The van der Waals surface area contributed by atoms with Gasteiger partial charge in [-0.15, -0.1) is 0 Å². The van der Waals surface area contributed by atoms with E-state index in [0.29, 0.717) is 28.2 Å². The number of aryl methyl sites for hydroxylation is 1. The van der Waals surface area contributed by atoms with Crippen LogP contribution >= 0.6 is 0 Å². The molecule has 1 aromatic heterocycles. The molecule has 0 saturated carbocycles. The highest BCUT2D eigenvalue weighted by Gasteiger charge is 2.24. The quantitative estimate of drug-likeness (QED) is 0.673. The van der Waals surface area contributed by atoms with Gasteiger partial charge in [0.2, 0.25) is 5.78 Å². The van der Waals surface area contributed by atoms with Crippen LogP contribution in [-0.2, 0) is 0 Å². The molecule has 0 amide bonds. The number of ketones is 2. The summed E-state index contributed by atoms with van der Waals surface area (Å²) in [4.78, 5) is 27.5. The number of carbonyl (C=O) groups is 2. The van der Waals surface area contributed by atoms with Crippen molar-refractivity contribution in [3.63, 3.8) is 0 Å². The fourth-order valence-electron chi connectivity index (χ4n) is 3.01. The Kier molecular flexibility index (Phi) is 6.20. The maximum absolute atomic E-state index is 12.8. The first-order valence-electron chi connectivity index (χ1n) is 8.29. The van der Waals surface area contributed by atoms with Crippen LogP contribution in [0.2, 0.25) is 0 Å². The van der Waals surface area contributed by atoms with E-state index in [1.54, 1.807) is 26.8 Å². The molecule has 2 aromatic rings. The van der Waals surface area contributed by atoms with Crippen LogP contribution in [0.1, 0.15) is 46.0 Å². The molecule has 0 aliphatic heterocycles. The van der Waals surface area contributed by atoms with Gasteiger partial charge in [-0.05, 0) is 45.4 Å². The monoisotopic (exact) mass is 380 g/mol. The standard InChI is InChI=1S/C19H22F2N2O4/c1-9-16(12(4)24)10(2)23-17(9)18(25)11(3)22-13-6-7-14(26-5)15(8-13)27-19(20)21/h6-8,11,19,22-23H,1-5H3/t11-/m1/s1. The van der Waals surface area contributed by atoms with Crippen LogP contribution in [0.25, 0.3) is 0 Å². The van der Waals surface area contributed by atoms with Crippen molar-refractivity contribution in [3.8, 4) is 11.5 Å². The number of hydrogen-bond donors (Lipinski definition) is 2. The Morgan fingerprint density at radius 2 is 1.85 bits per heavy atom. The molecule has 6 nitrogen and oxygen atoms in total.